The van der Waals surface area contributed by atoms with E-state index in [9.17, 15) is 71.9 Å². The SMILES string of the molecule is C=CC(=O)OCC(C)(C)COC(=O)CCC(=O)OCCc1ccc(OC(=O)C2CCC(C(=O)O)CC2)cc1.C=CC(=O)OCC(C)(C)COC(=O)CCC(=O)OCCc1ccc(OC(=O)C2CCC(C(=O)OC(=O)C3CCC(C(=O)Oc4ccc(CCOC(=O)CCC(=O)OCC(C)(C)COC(=O)C=C)cc4)CC3)CC2)cc1.CCN(CC)CC.O=S(Cl)Cl.[CH3-].[Y]. The van der Waals surface area contributed by atoms with Gasteiger partial charge in [-0.05, 0) is 150 Å². The van der Waals surface area contributed by atoms with Gasteiger partial charge in [0.25, 0.3) is 0 Å². The number of benzene rings is 3. The molecule has 0 saturated heterocycles. The van der Waals surface area contributed by atoms with E-state index in [1.807, 2.05) is 0 Å². The van der Waals surface area contributed by atoms with Crippen molar-refractivity contribution in [1.82, 2.24) is 4.90 Å². The fourth-order valence-corrected chi connectivity index (χ4v) is 12.2. The van der Waals surface area contributed by atoms with Crippen molar-refractivity contribution in [3.63, 3.8) is 0 Å². The van der Waals surface area contributed by atoms with E-state index in [0.29, 0.717) is 114 Å². The van der Waals surface area contributed by atoms with Gasteiger partial charge in [0.2, 0.25) is 9.23 Å². The monoisotopic (exact) mass is 1900 g/mol. The number of carbonyl (C=O) groups excluding carboxylic acids is 14. The fraction of sp³-hybridized carbons (Fsp3) is 0.560. The molecule has 6 rings (SSSR count). The number of ether oxygens (including phenoxy) is 13. The van der Waals surface area contributed by atoms with Crippen LogP contribution in [0.25, 0.3) is 0 Å². The number of halogens is 2. The first-order chi connectivity index (χ1) is 58.7. The first kappa shape index (κ1) is 115. The van der Waals surface area contributed by atoms with Crippen LogP contribution >= 0.6 is 21.4 Å². The number of carboxylic acid groups (broad SMARTS) is 1. The first-order valence-corrected chi connectivity index (χ1v) is 44.2. The Balaban J connectivity index is 0.00000129. The molecule has 3 fully saturated rings. The Morgan fingerprint density at radius 3 is 0.762 bits per heavy atom. The van der Waals surface area contributed by atoms with Crippen LogP contribution < -0.4 is 14.2 Å². The molecule has 0 amide bonds. The predicted molar refractivity (Wildman–Crippen MR) is 460 cm³/mol. The van der Waals surface area contributed by atoms with Gasteiger partial charge in [0, 0.05) is 108 Å². The summed E-state index contributed by atoms with van der Waals surface area (Å²) in [6, 6.07) is 20.4. The molecule has 0 aliphatic heterocycles. The number of carbonyl (C=O) groups is 15. The Kier molecular flexibility index (Phi) is 56.7. The van der Waals surface area contributed by atoms with Crippen LogP contribution in [0.3, 0.4) is 0 Å². The molecule has 3 aromatic carbocycles. The van der Waals surface area contributed by atoms with Gasteiger partial charge in [0.05, 0.1) is 133 Å². The van der Waals surface area contributed by atoms with Crippen LogP contribution in [-0.2, 0) is 180 Å². The van der Waals surface area contributed by atoms with E-state index >= 15 is 0 Å². The maximum Gasteiger partial charge on any atom is 0.330 e. The molecule has 697 valence electrons. The number of nitrogens with zero attached hydrogens (tertiary/aromatic N) is 1. The first-order valence-electron chi connectivity index (χ1n) is 41.4. The minimum atomic E-state index is -1.67. The zero-order chi connectivity index (χ0) is 92.4. The minimum absolute atomic E-state index is 0. The summed E-state index contributed by atoms with van der Waals surface area (Å²) in [5.41, 5.74) is 0.706. The zero-order valence-electron chi connectivity index (χ0n) is 74.1. The van der Waals surface area contributed by atoms with E-state index in [1.165, 1.54) is 19.6 Å². The van der Waals surface area contributed by atoms with E-state index in [-0.39, 0.29) is 156 Å². The Morgan fingerprint density at radius 1 is 0.365 bits per heavy atom. The summed E-state index contributed by atoms with van der Waals surface area (Å²) in [7, 11) is 7.36. The van der Waals surface area contributed by atoms with E-state index < -0.39 is 133 Å². The quantitative estimate of drug-likeness (QED) is 0.0104. The second kappa shape index (κ2) is 62.2. The molecule has 1 N–H and O–H groups in total. The molecular weight excluding hydrogens is 1780 g/mol. The largest absolute Gasteiger partial charge is 0.481 e. The van der Waals surface area contributed by atoms with Gasteiger partial charge < -0.3 is 79.0 Å². The summed E-state index contributed by atoms with van der Waals surface area (Å²) in [5.74, 6) is -9.90. The van der Waals surface area contributed by atoms with E-state index in [4.69, 9.17) is 70.9 Å². The second-order valence-electron chi connectivity index (χ2n) is 32.0. The molecule has 0 atom stereocenters. The molecule has 0 aromatic heterocycles. The van der Waals surface area contributed by atoms with Crippen LogP contribution in [-0.4, -0.2) is 183 Å². The van der Waals surface area contributed by atoms with E-state index in [0.717, 1.165) is 34.9 Å². The summed E-state index contributed by atoms with van der Waals surface area (Å²) in [6.45, 7) is 31.1. The van der Waals surface area contributed by atoms with Gasteiger partial charge in [-0.3, -0.25) is 57.5 Å². The second-order valence-corrected chi connectivity index (χ2v) is 34.6. The van der Waals surface area contributed by atoms with Crippen molar-refractivity contribution in [2.45, 2.75) is 197 Å². The molecule has 35 heteroatoms. The van der Waals surface area contributed by atoms with Gasteiger partial charge in [-0.15, -0.1) is 0 Å². The van der Waals surface area contributed by atoms with Crippen LogP contribution in [0.5, 0.6) is 17.2 Å². The molecule has 3 aromatic rings. The molecule has 3 aliphatic rings. The average Bonchev–Trinajstić information content (AvgIpc) is 0.836. The summed E-state index contributed by atoms with van der Waals surface area (Å²) in [5, 5.41) is 9.07. The van der Waals surface area contributed by atoms with Crippen LogP contribution in [0.4, 0.5) is 0 Å². The average molecular weight is 1900 g/mol. The van der Waals surface area contributed by atoms with Crippen molar-refractivity contribution in [1.29, 1.82) is 0 Å². The van der Waals surface area contributed by atoms with Crippen molar-refractivity contribution < 1.29 is 176 Å². The normalized spacial score (nSPS) is 16.4. The van der Waals surface area contributed by atoms with Gasteiger partial charge in [0.15, 0.2) is 0 Å². The Labute approximate surface area is 775 Å². The third-order valence-electron chi connectivity index (χ3n) is 19.9. The van der Waals surface area contributed by atoms with Crippen LogP contribution in [0.1, 0.15) is 195 Å². The van der Waals surface area contributed by atoms with E-state index in [2.05, 4.69) is 66.8 Å². The number of hydrogen-bond donors (Lipinski definition) is 1. The molecule has 0 spiro atoms. The summed E-state index contributed by atoms with van der Waals surface area (Å²) < 4.78 is 77.2. The molecule has 0 unspecified atom stereocenters. The third-order valence-corrected chi connectivity index (χ3v) is 19.9. The number of esters is 14. The zero-order valence-corrected chi connectivity index (χ0v) is 79.2. The molecule has 0 heterocycles. The van der Waals surface area contributed by atoms with Gasteiger partial charge >= 0.3 is 89.5 Å². The smallest absolute Gasteiger partial charge is 0.330 e. The van der Waals surface area contributed by atoms with Gasteiger partial charge in [-0.2, -0.15) is 0 Å². The maximum absolute atomic E-state index is 13.0. The summed E-state index contributed by atoms with van der Waals surface area (Å²) in [4.78, 5) is 184. The molecule has 126 heavy (non-hydrogen) atoms. The Bertz CT molecular complexity index is 3840. The summed E-state index contributed by atoms with van der Waals surface area (Å²) in [6.07, 6.45) is 8.36. The van der Waals surface area contributed by atoms with Crippen molar-refractivity contribution in [3.8, 4) is 17.2 Å². The predicted octanol–water partition coefficient (Wildman–Crippen LogP) is 13.7. The number of aliphatic carboxylic acids is 1. The van der Waals surface area contributed by atoms with Crippen molar-refractivity contribution >= 4 is 120 Å². The molecule has 1 radical (unpaired) electrons. The minimum Gasteiger partial charge on any atom is -0.481 e. The number of hydrogen-bond acceptors (Lipinski definition) is 30. The Morgan fingerprint density at radius 2 is 0.563 bits per heavy atom. The van der Waals surface area contributed by atoms with E-state index in [1.54, 1.807) is 114 Å². The maximum atomic E-state index is 13.0. The third kappa shape index (κ3) is 50.5. The standard InChI is InChI=1S/C56H70O19.C28H36O10.C6H15N.CH3.Cl2OS.Y/c1-7-45(57)69-33-55(3,4)35-71-49(61)27-25-47(59)67-31-29-37-9-21-43(22-10-37)73-51(63)39-13-17-41(18-14-39)53(65)75-54(66)42-19-15-40(16-20-42)52(64)74-44-23-11-38(12-24-44)30-32-68-48(60)26-28-50(62)72-36-56(5,6)34-70-46(58)8-2;1-4-23(29)36-17-28(2,3)18-37-25(31)14-13-24(30)35-16-15-19-5-11-22(12-6-19)38-27(34)21-9-7-20(8-10-21)26(32)33;1-4-7(5-2)6-3;;1-4(2)3;/h7-12,21-24,39-42H,1-2,13-20,25-36H2,3-6H3;4-6,11-12,20-21H,1,7-10,13-18H2,2-3H3,(H,32,33);4-6H2,1-3H3;1H3;;/q;;;-1;;. The Hall–Kier alpha value is -9.08. The van der Waals surface area contributed by atoms with Gasteiger partial charge in [0.1, 0.15) is 17.2 Å². The van der Waals surface area contributed by atoms with Crippen molar-refractivity contribution in [2.24, 2.45) is 51.8 Å². The summed E-state index contributed by atoms with van der Waals surface area (Å²) >= 11 is 0. The van der Waals surface area contributed by atoms with Gasteiger partial charge in [-0.1, -0.05) is 118 Å². The van der Waals surface area contributed by atoms with Crippen molar-refractivity contribution in [2.75, 3.05) is 79.1 Å². The molecule has 3 aliphatic carbocycles. The van der Waals surface area contributed by atoms with Crippen molar-refractivity contribution in [3.05, 3.63) is 135 Å². The van der Waals surface area contributed by atoms with Crippen LogP contribution in [0.2, 0.25) is 0 Å². The molecule has 0 bridgehead atoms. The molecule has 3 saturated carbocycles. The number of rotatable bonds is 45. The topological polar surface area (TPSA) is 417 Å². The van der Waals surface area contributed by atoms with Crippen LogP contribution in [0, 0.1) is 59.2 Å². The molecular formula is C91H124Cl2NO30SY-. The molecule has 31 nitrogen and oxygen atoms in total. The van der Waals surface area contributed by atoms with Crippen LogP contribution in [0.15, 0.2) is 111 Å². The van der Waals surface area contributed by atoms with Gasteiger partial charge in [-0.25, -0.2) is 18.6 Å². The fourth-order valence-electron chi connectivity index (χ4n) is 12.2. The number of carboxylic acids is 1.